The number of aliphatic hydroxyl groups excluding tert-OH is 1. The summed E-state index contributed by atoms with van der Waals surface area (Å²) in [5, 5.41) is 11.5. The van der Waals surface area contributed by atoms with E-state index >= 15 is 0 Å². The lowest BCUT2D eigenvalue weighted by atomic mass is 9.94. The van der Waals surface area contributed by atoms with E-state index in [0.717, 1.165) is 16.2 Å². The number of aliphatic hydroxyl groups is 1. The summed E-state index contributed by atoms with van der Waals surface area (Å²) in [6.45, 7) is 3.44. The van der Waals surface area contributed by atoms with Crippen LogP contribution in [-0.4, -0.2) is 62.8 Å². The second-order valence-corrected chi connectivity index (χ2v) is 9.47. The molecule has 4 rings (SSSR count). The standard InChI is InChI=1S/C28H28N2O9S/c1-7-39-27(34)25-14(2)29-28(40-25)30-21(16-12-18(36-4)24(38-6)19(13-16)37-5)20(23(32)26(30)33)22(31)15-9-8-10-17(11-15)35-3/h8-13,21,31H,7H2,1-6H3/b22-20+. The van der Waals surface area contributed by atoms with Crippen LogP contribution < -0.4 is 23.8 Å². The van der Waals surface area contributed by atoms with Gasteiger partial charge in [0.05, 0.1) is 52.4 Å². The molecular formula is C28H28N2O9S. The predicted octanol–water partition coefficient (Wildman–Crippen LogP) is 4.29. The molecule has 1 fully saturated rings. The first kappa shape index (κ1) is 28.4. The highest BCUT2D eigenvalue weighted by Gasteiger charge is 2.49. The van der Waals surface area contributed by atoms with Crippen LogP contribution in [0.2, 0.25) is 0 Å². The molecule has 0 saturated carbocycles. The Morgan fingerprint density at radius 2 is 1.70 bits per heavy atom. The molecule has 0 aliphatic carbocycles. The first-order valence-electron chi connectivity index (χ1n) is 12.1. The fourth-order valence-electron chi connectivity index (χ4n) is 4.40. The lowest BCUT2D eigenvalue weighted by molar-refractivity contribution is -0.132. The number of Topliss-reactive ketones (excluding diaryl/α,β-unsaturated/α-hetero) is 1. The average molecular weight is 569 g/mol. The summed E-state index contributed by atoms with van der Waals surface area (Å²) in [6.07, 6.45) is 0. The molecule has 1 aliphatic heterocycles. The molecule has 1 aliphatic rings. The van der Waals surface area contributed by atoms with Crippen LogP contribution in [0.3, 0.4) is 0 Å². The van der Waals surface area contributed by atoms with Gasteiger partial charge in [-0.05, 0) is 43.7 Å². The third-order valence-corrected chi connectivity index (χ3v) is 7.38. The van der Waals surface area contributed by atoms with Gasteiger partial charge < -0.3 is 28.8 Å². The predicted molar refractivity (Wildman–Crippen MR) is 147 cm³/mol. The minimum atomic E-state index is -1.17. The van der Waals surface area contributed by atoms with Gasteiger partial charge >= 0.3 is 11.9 Å². The summed E-state index contributed by atoms with van der Waals surface area (Å²) < 4.78 is 26.8. The van der Waals surface area contributed by atoms with Gasteiger partial charge in [-0.15, -0.1) is 0 Å². The number of ketones is 1. The molecule has 2 heterocycles. The van der Waals surface area contributed by atoms with Crippen LogP contribution in [0.25, 0.3) is 5.76 Å². The first-order valence-corrected chi connectivity index (χ1v) is 12.9. The quantitative estimate of drug-likeness (QED) is 0.172. The first-order chi connectivity index (χ1) is 19.2. The Bertz CT molecular complexity index is 1490. The number of benzene rings is 2. The van der Waals surface area contributed by atoms with Crippen molar-refractivity contribution in [2.24, 2.45) is 0 Å². The average Bonchev–Trinajstić information content (AvgIpc) is 3.48. The van der Waals surface area contributed by atoms with Gasteiger partial charge in [-0.2, -0.15) is 0 Å². The molecular weight excluding hydrogens is 540 g/mol. The monoisotopic (exact) mass is 568 g/mol. The summed E-state index contributed by atoms with van der Waals surface area (Å²) in [5.74, 6) is -1.61. The van der Waals surface area contributed by atoms with Crippen molar-refractivity contribution >= 4 is 39.9 Å². The molecule has 11 nitrogen and oxygen atoms in total. The Hall–Kier alpha value is -4.58. The number of aromatic nitrogens is 1. The number of amides is 1. The number of aryl methyl sites for hydroxylation is 1. The minimum Gasteiger partial charge on any atom is -0.507 e. The summed E-state index contributed by atoms with van der Waals surface area (Å²) >= 11 is 0.908. The number of thiazole rings is 1. The van der Waals surface area contributed by atoms with Crippen molar-refractivity contribution in [1.82, 2.24) is 4.98 Å². The summed E-state index contributed by atoms with van der Waals surface area (Å²) in [6, 6.07) is 8.45. The van der Waals surface area contributed by atoms with E-state index in [0.29, 0.717) is 22.8 Å². The maximum atomic E-state index is 13.6. The molecule has 1 N–H and O–H groups in total. The van der Waals surface area contributed by atoms with Crippen LogP contribution in [0, 0.1) is 6.92 Å². The second kappa shape index (κ2) is 11.7. The van der Waals surface area contributed by atoms with Crippen molar-refractivity contribution in [1.29, 1.82) is 0 Å². The van der Waals surface area contributed by atoms with Crippen molar-refractivity contribution in [3.63, 3.8) is 0 Å². The van der Waals surface area contributed by atoms with Gasteiger partial charge in [0.15, 0.2) is 16.6 Å². The highest BCUT2D eigenvalue weighted by molar-refractivity contribution is 7.17. The zero-order chi connectivity index (χ0) is 29.1. The van der Waals surface area contributed by atoms with Crippen LogP contribution in [-0.2, 0) is 14.3 Å². The number of carbonyl (C=O) groups is 3. The zero-order valence-electron chi connectivity index (χ0n) is 22.8. The third-order valence-electron chi connectivity index (χ3n) is 6.24. The SMILES string of the molecule is CCOC(=O)c1sc(N2C(=O)C(=O)/C(=C(/O)c3cccc(OC)c3)C2c2cc(OC)c(OC)c(OC)c2)nc1C. The van der Waals surface area contributed by atoms with Crippen molar-refractivity contribution in [2.45, 2.75) is 19.9 Å². The topological polar surface area (TPSA) is 134 Å². The number of rotatable bonds is 9. The zero-order valence-corrected chi connectivity index (χ0v) is 23.6. The maximum absolute atomic E-state index is 13.6. The number of esters is 1. The minimum absolute atomic E-state index is 0.0751. The molecule has 1 aromatic heterocycles. The Morgan fingerprint density at radius 3 is 2.27 bits per heavy atom. The Labute approximate surface area is 234 Å². The number of methoxy groups -OCH3 is 4. The van der Waals surface area contributed by atoms with Crippen molar-refractivity contribution in [3.05, 3.63) is 63.7 Å². The molecule has 0 bridgehead atoms. The largest absolute Gasteiger partial charge is 0.507 e. The molecule has 3 aromatic rings. The number of carbonyl (C=O) groups excluding carboxylic acids is 3. The second-order valence-electron chi connectivity index (χ2n) is 8.49. The van der Waals surface area contributed by atoms with Crippen molar-refractivity contribution in [3.8, 4) is 23.0 Å². The molecule has 1 unspecified atom stereocenters. The van der Waals surface area contributed by atoms with Crippen LogP contribution in [0.4, 0.5) is 5.13 Å². The fourth-order valence-corrected chi connectivity index (χ4v) is 5.39. The van der Waals surface area contributed by atoms with Crippen LogP contribution in [0.1, 0.15) is 39.5 Å². The van der Waals surface area contributed by atoms with E-state index < -0.39 is 29.5 Å². The Morgan fingerprint density at radius 1 is 1.02 bits per heavy atom. The van der Waals surface area contributed by atoms with Crippen molar-refractivity contribution in [2.75, 3.05) is 39.9 Å². The molecule has 0 spiro atoms. The van der Waals surface area contributed by atoms with Gasteiger partial charge in [0.25, 0.3) is 5.78 Å². The molecule has 2 aromatic carbocycles. The highest BCUT2D eigenvalue weighted by Crippen LogP contribution is 2.48. The number of anilines is 1. The summed E-state index contributed by atoms with van der Waals surface area (Å²) in [4.78, 5) is 45.4. The lowest BCUT2D eigenvalue weighted by Crippen LogP contribution is -2.29. The third kappa shape index (κ3) is 4.93. The van der Waals surface area contributed by atoms with Crippen LogP contribution in [0.15, 0.2) is 42.0 Å². The van der Waals surface area contributed by atoms with Gasteiger partial charge in [-0.3, -0.25) is 14.5 Å². The molecule has 40 heavy (non-hydrogen) atoms. The number of hydrogen-bond donors (Lipinski definition) is 1. The van der Waals surface area contributed by atoms with Gasteiger partial charge in [0.1, 0.15) is 16.4 Å². The Balaban J connectivity index is 2.00. The Kier molecular flexibility index (Phi) is 8.29. The van der Waals surface area contributed by atoms with Crippen LogP contribution >= 0.6 is 11.3 Å². The highest BCUT2D eigenvalue weighted by atomic mass is 32.1. The van der Waals surface area contributed by atoms with E-state index in [-0.39, 0.29) is 39.3 Å². The van der Waals surface area contributed by atoms with E-state index in [2.05, 4.69) is 4.98 Å². The molecule has 12 heteroatoms. The van der Waals surface area contributed by atoms with E-state index in [1.807, 2.05) is 0 Å². The number of ether oxygens (including phenoxy) is 5. The maximum Gasteiger partial charge on any atom is 0.350 e. The van der Waals surface area contributed by atoms with Gasteiger partial charge in [0, 0.05) is 5.56 Å². The normalized spacial score (nSPS) is 16.1. The molecule has 0 radical (unpaired) electrons. The smallest absolute Gasteiger partial charge is 0.350 e. The van der Waals surface area contributed by atoms with Gasteiger partial charge in [0.2, 0.25) is 5.75 Å². The van der Waals surface area contributed by atoms with Gasteiger partial charge in [-0.25, -0.2) is 9.78 Å². The van der Waals surface area contributed by atoms with E-state index in [4.69, 9.17) is 23.7 Å². The molecule has 1 amide bonds. The van der Waals surface area contributed by atoms with Gasteiger partial charge in [-0.1, -0.05) is 23.5 Å². The van der Waals surface area contributed by atoms with E-state index in [1.165, 1.54) is 28.4 Å². The van der Waals surface area contributed by atoms with E-state index in [1.54, 1.807) is 50.2 Å². The molecule has 210 valence electrons. The lowest BCUT2D eigenvalue weighted by Gasteiger charge is -2.24. The van der Waals surface area contributed by atoms with Crippen molar-refractivity contribution < 1.29 is 43.2 Å². The summed E-state index contributed by atoms with van der Waals surface area (Å²) in [5.41, 5.74) is 0.760. The molecule has 1 saturated heterocycles. The van der Waals surface area contributed by atoms with Crippen LogP contribution in [0.5, 0.6) is 23.0 Å². The fraction of sp³-hybridized carbons (Fsp3) is 0.286. The molecule has 1 atom stereocenters. The number of hydrogen-bond acceptors (Lipinski definition) is 11. The summed E-state index contributed by atoms with van der Waals surface area (Å²) in [7, 11) is 5.79. The number of nitrogens with zero attached hydrogens (tertiary/aromatic N) is 2. The van der Waals surface area contributed by atoms with E-state index in [9.17, 15) is 19.5 Å².